The lowest BCUT2D eigenvalue weighted by atomic mass is 10.4. The van der Waals surface area contributed by atoms with Crippen LogP contribution in [0.2, 0.25) is 0 Å². The zero-order valence-corrected chi connectivity index (χ0v) is 10.00. The monoisotopic (exact) mass is 237 g/mol. The average Bonchev–Trinajstić information content (AvgIpc) is 2.17. The highest BCUT2D eigenvalue weighted by molar-refractivity contribution is 7.91. The van der Waals surface area contributed by atoms with Crippen LogP contribution < -0.4 is 5.73 Å². The van der Waals surface area contributed by atoms with Crippen molar-refractivity contribution >= 4 is 15.7 Å². The first-order valence-corrected chi connectivity index (χ1v) is 6.58. The van der Waals surface area contributed by atoms with E-state index in [9.17, 15) is 8.42 Å². The SMILES string of the molecule is CCS(=O)(=O)CCCN(C)CC(N)=NO. The summed E-state index contributed by atoms with van der Waals surface area (Å²) in [4.78, 5) is 1.81. The fourth-order valence-electron chi connectivity index (χ4n) is 1.09. The highest BCUT2D eigenvalue weighted by atomic mass is 32.2. The fourth-order valence-corrected chi connectivity index (χ4v) is 1.94. The van der Waals surface area contributed by atoms with Crippen molar-refractivity contribution in [3.05, 3.63) is 0 Å². The molecule has 0 saturated heterocycles. The van der Waals surface area contributed by atoms with E-state index in [1.807, 2.05) is 0 Å². The summed E-state index contributed by atoms with van der Waals surface area (Å²) in [7, 11) is -1.10. The molecule has 6 nitrogen and oxygen atoms in total. The second-order valence-corrected chi connectivity index (χ2v) is 5.89. The lowest BCUT2D eigenvalue weighted by Crippen LogP contribution is -2.32. The minimum Gasteiger partial charge on any atom is -0.409 e. The van der Waals surface area contributed by atoms with Crippen molar-refractivity contribution in [1.29, 1.82) is 0 Å². The number of likely N-dealkylation sites (N-methyl/N-ethyl adjacent to an activating group) is 1. The van der Waals surface area contributed by atoms with E-state index in [1.165, 1.54) is 0 Å². The van der Waals surface area contributed by atoms with Crippen LogP contribution in [0.25, 0.3) is 0 Å². The van der Waals surface area contributed by atoms with Crippen LogP contribution in [-0.2, 0) is 9.84 Å². The lowest BCUT2D eigenvalue weighted by molar-refractivity contribution is 0.309. The second kappa shape index (κ2) is 6.62. The van der Waals surface area contributed by atoms with Gasteiger partial charge in [0.1, 0.15) is 9.84 Å². The maximum atomic E-state index is 11.2. The largest absolute Gasteiger partial charge is 0.409 e. The Morgan fingerprint density at radius 3 is 2.60 bits per heavy atom. The molecule has 0 fully saturated rings. The summed E-state index contributed by atoms with van der Waals surface area (Å²) in [5, 5.41) is 11.2. The highest BCUT2D eigenvalue weighted by Gasteiger charge is 2.08. The standard InChI is InChI=1S/C8H19N3O3S/c1-3-15(13,14)6-4-5-11(2)7-8(9)10-12/h12H,3-7H2,1-2H3,(H2,9,10). The van der Waals surface area contributed by atoms with Crippen LogP contribution in [0.4, 0.5) is 0 Å². The Kier molecular flexibility index (Phi) is 6.26. The molecule has 0 saturated carbocycles. The molecule has 0 aliphatic carbocycles. The Morgan fingerprint density at radius 2 is 2.13 bits per heavy atom. The van der Waals surface area contributed by atoms with Crippen molar-refractivity contribution < 1.29 is 13.6 Å². The summed E-state index contributed by atoms with van der Waals surface area (Å²) in [5.41, 5.74) is 5.30. The van der Waals surface area contributed by atoms with E-state index in [0.29, 0.717) is 19.5 Å². The van der Waals surface area contributed by atoms with E-state index in [0.717, 1.165) is 0 Å². The van der Waals surface area contributed by atoms with E-state index in [2.05, 4.69) is 5.16 Å². The first-order valence-electron chi connectivity index (χ1n) is 4.76. The van der Waals surface area contributed by atoms with Gasteiger partial charge < -0.3 is 10.9 Å². The number of rotatable bonds is 7. The molecule has 0 radical (unpaired) electrons. The first kappa shape index (κ1) is 14.2. The van der Waals surface area contributed by atoms with E-state index >= 15 is 0 Å². The fraction of sp³-hybridized carbons (Fsp3) is 0.875. The average molecular weight is 237 g/mol. The molecule has 0 bridgehead atoms. The molecule has 3 N–H and O–H groups in total. The predicted octanol–water partition coefficient (Wildman–Crippen LogP) is -0.511. The number of oxime groups is 1. The van der Waals surface area contributed by atoms with Crippen molar-refractivity contribution in [2.24, 2.45) is 10.9 Å². The molecule has 0 amide bonds. The molecule has 0 rings (SSSR count). The summed E-state index contributed by atoms with van der Waals surface area (Å²) in [5.74, 6) is 0.483. The topological polar surface area (TPSA) is 96.0 Å². The van der Waals surface area contributed by atoms with Gasteiger partial charge in [-0.1, -0.05) is 12.1 Å². The third-order valence-electron chi connectivity index (χ3n) is 2.00. The predicted molar refractivity (Wildman–Crippen MR) is 59.9 cm³/mol. The second-order valence-electron chi connectivity index (χ2n) is 3.42. The Labute approximate surface area is 90.7 Å². The number of hydrogen-bond donors (Lipinski definition) is 2. The summed E-state index contributed by atoms with van der Waals surface area (Å²) in [6.07, 6.45) is 0.561. The number of nitrogens with zero attached hydrogens (tertiary/aromatic N) is 2. The maximum Gasteiger partial charge on any atom is 0.153 e. The molecule has 15 heavy (non-hydrogen) atoms. The highest BCUT2D eigenvalue weighted by Crippen LogP contribution is 1.95. The molecule has 0 aromatic rings. The van der Waals surface area contributed by atoms with Gasteiger partial charge in [-0.2, -0.15) is 0 Å². The van der Waals surface area contributed by atoms with Gasteiger partial charge in [0, 0.05) is 5.75 Å². The molecule has 0 aliphatic rings. The molecule has 0 atom stereocenters. The van der Waals surface area contributed by atoms with E-state index in [4.69, 9.17) is 10.9 Å². The molecule has 0 spiro atoms. The minimum absolute atomic E-state index is 0.121. The number of amidine groups is 1. The minimum atomic E-state index is -2.89. The smallest absolute Gasteiger partial charge is 0.153 e. The van der Waals surface area contributed by atoms with Crippen LogP contribution in [0.5, 0.6) is 0 Å². The van der Waals surface area contributed by atoms with Gasteiger partial charge in [-0.3, -0.25) is 4.90 Å². The molecular weight excluding hydrogens is 218 g/mol. The number of nitrogens with two attached hydrogens (primary N) is 1. The lowest BCUT2D eigenvalue weighted by Gasteiger charge is -2.14. The first-order chi connectivity index (χ1) is 6.91. The molecule has 0 heterocycles. The number of sulfone groups is 1. The molecule has 0 aromatic heterocycles. The van der Waals surface area contributed by atoms with Crippen LogP contribution in [0.3, 0.4) is 0 Å². The van der Waals surface area contributed by atoms with Crippen LogP contribution in [0.1, 0.15) is 13.3 Å². The van der Waals surface area contributed by atoms with Gasteiger partial charge in [0.05, 0.1) is 12.3 Å². The van der Waals surface area contributed by atoms with Gasteiger partial charge in [0.25, 0.3) is 0 Å². The van der Waals surface area contributed by atoms with Crippen molar-refractivity contribution in [2.45, 2.75) is 13.3 Å². The number of hydrogen-bond acceptors (Lipinski definition) is 5. The van der Waals surface area contributed by atoms with Gasteiger partial charge in [-0.05, 0) is 20.0 Å². The summed E-state index contributed by atoms with van der Waals surface area (Å²) >= 11 is 0. The van der Waals surface area contributed by atoms with Crippen LogP contribution in [-0.4, -0.2) is 56.0 Å². The van der Waals surface area contributed by atoms with Gasteiger partial charge in [-0.25, -0.2) is 8.42 Å². The Morgan fingerprint density at radius 1 is 1.53 bits per heavy atom. The Balaban J connectivity index is 3.78. The zero-order valence-electron chi connectivity index (χ0n) is 9.18. The summed E-state index contributed by atoms with van der Waals surface area (Å²) in [6.45, 7) is 2.58. The third-order valence-corrected chi connectivity index (χ3v) is 3.79. The molecule has 0 aromatic carbocycles. The van der Waals surface area contributed by atoms with Gasteiger partial charge >= 0.3 is 0 Å². The van der Waals surface area contributed by atoms with E-state index in [-0.39, 0.29) is 17.3 Å². The van der Waals surface area contributed by atoms with E-state index < -0.39 is 9.84 Å². The van der Waals surface area contributed by atoms with Gasteiger partial charge in [0.15, 0.2) is 5.84 Å². The van der Waals surface area contributed by atoms with Crippen LogP contribution >= 0.6 is 0 Å². The Hall–Kier alpha value is -0.820. The van der Waals surface area contributed by atoms with Crippen LogP contribution in [0, 0.1) is 0 Å². The van der Waals surface area contributed by atoms with Crippen molar-refractivity contribution in [1.82, 2.24) is 4.90 Å². The Bertz CT molecular complexity index is 300. The van der Waals surface area contributed by atoms with E-state index in [1.54, 1.807) is 18.9 Å². The van der Waals surface area contributed by atoms with Crippen molar-refractivity contribution in [3.8, 4) is 0 Å². The zero-order chi connectivity index (χ0) is 11.9. The molecule has 90 valence electrons. The van der Waals surface area contributed by atoms with Gasteiger partial charge in [0.2, 0.25) is 0 Å². The normalized spacial score (nSPS) is 13.4. The van der Waals surface area contributed by atoms with Crippen molar-refractivity contribution in [2.75, 3.05) is 31.6 Å². The molecule has 0 aliphatic heterocycles. The maximum absolute atomic E-state index is 11.2. The van der Waals surface area contributed by atoms with Gasteiger partial charge in [-0.15, -0.1) is 0 Å². The van der Waals surface area contributed by atoms with Crippen molar-refractivity contribution in [3.63, 3.8) is 0 Å². The van der Waals surface area contributed by atoms with Crippen LogP contribution in [0.15, 0.2) is 5.16 Å². The third kappa shape index (κ3) is 7.15. The summed E-state index contributed by atoms with van der Waals surface area (Å²) < 4.78 is 22.3. The molecule has 0 unspecified atom stereocenters. The quantitative estimate of drug-likeness (QED) is 0.269. The summed E-state index contributed by atoms with van der Waals surface area (Å²) in [6, 6.07) is 0. The molecule has 7 heteroatoms. The molecular formula is C8H19N3O3S.